The second kappa shape index (κ2) is 10.0. The maximum atomic E-state index is 13.6. The lowest BCUT2D eigenvalue weighted by Crippen LogP contribution is -2.41. The van der Waals surface area contributed by atoms with Crippen molar-refractivity contribution in [2.24, 2.45) is 16.9 Å². The van der Waals surface area contributed by atoms with Crippen LogP contribution in [-0.2, 0) is 16.1 Å². The molecule has 0 unspecified atom stereocenters. The van der Waals surface area contributed by atoms with Crippen LogP contribution < -0.4 is 30.6 Å². The highest BCUT2D eigenvalue weighted by molar-refractivity contribution is 6.16. The minimum Gasteiger partial charge on any atom is -0.493 e. The van der Waals surface area contributed by atoms with Crippen LogP contribution >= 0.6 is 0 Å². The second-order valence-electron chi connectivity index (χ2n) is 9.09. The number of pyridine rings is 1. The van der Waals surface area contributed by atoms with Gasteiger partial charge in [0.25, 0.3) is 0 Å². The van der Waals surface area contributed by atoms with E-state index in [1.54, 1.807) is 56.8 Å². The molecule has 0 bridgehead atoms. The Morgan fingerprint density at radius 3 is 2.26 bits per heavy atom. The Kier molecular flexibility index (Phi) is 6.61. The fourth-order valence-electron chi connectivity index (χ4n) is 4.44. The summed E-state index contributed by atoms with van der Waals surface area (Å²) < 4.78 is 17.0. The normalized spacial score (nSPS) is 13.6. The molecule has 0 aliphatic heterocycles. The number of anilines is 2. The van der Waals surface area contributed by atoms with E-state index in [0.717, 1.165) is 10.9 Å². The van der Waals surface area contributed by atoms with Crippen molar-refractivity contribution in [1.82, 2.24) is 4.98 Å². The molecule has 1 aromatic heterocycles. The van der Waals surface area contributed by atoms with E-state index < -0.39 is 11.3 Å². The number of methoxy groups -OCH3 is 2. The number of hydrogen-bond acceptors (Lipinski definition) is 7. The predicted octanol–water partition coefficient (Wildman–Crippen LogP) is 4.43. The number of rotatable bonds is 9. The number of ether oxygens (including phenoxy) is 3. The summed E-state index contributed by atoms with van der Waals surface area (Å²) in [5, 5.41) is 0.752. The van der Waals surface area contributed by atoms with E-state index in [2.05, 4.69) is 4.98 Å². The van der Waals surface area contributed by atoms with E-state index in [0.29, 0.717) is 59.3 Å². The van der Waals surface area contributed by atoms with Crippen LogP contribution in [0.5, 0.6) is 23.0 Å². The van der Waals surface area contributed by atoms with Crippen LogP contribution in [0.3, 0.4) is 0 Å². The van der Waals surface area contributed by atoms with Crippen molar-refractivity contribution in [3.63, 3.8) is 0 Å². The average molecular weight is 513 g/mol. The summed E-state index contributed by atoms with van der Waals surface area (Å²) >= 11 is 0. The van der Waals surface area contributed by atoms with Crippen molar-refractivity contribution >= 4 is 34.1 Å². The lowest BCUT2D eigenvalue weighted by atomic mass is 10.0. The van der Waals surface area contributed by atoms with Gasteiger partial charge in [-0.1, -0.05) is 12.1 Å². The molecule has 9 nitrogen and oxygen atoms in total. The third kappa shape index (κ3) is 4.48. The van der Waals surface area contributed by atoms with Gasteiger partial charge in [-0.3, -0.25) is 19.5 Å². The van der Waals surface area contributed by atoms with Crippen LogP contribution in [0.2, 0.25) is 0 Å². The minimum atomic E-state index is -1.19. The fourth-order valence-corrected chi connectivity index (χ4v) is 4.44. The molecule has 2 amide bonds. The Morgan fingerprint density at radius 2 is 1.63 bits per heavy atom. The molecule has 1 heterocycles. The Morgan fingerprint density at radius 1 is 0.921 bits per heavy atom. The van der Waals surface area contributed by atoms with Crippen molar-refractivity contribution in [1.29, 1.82) is 0 Å². The third-order valence-corrected chi connectivity index (χ3v) is 6.77. The van der Waals surface area contributed by atoms with Crippen molar-refractivity contribution in [3.05, 3.63) is 78.5 Å². The largest absolute Gasteiger partial charge is 0.493 e. The van der Waals surface area contributed by atoms with Gasteiger partial charge in [-0.05, 0) is 66.9 Å². The molecule has 1 saturated carbocycles. The standard InChI is InChI=1S/C29H28N4O5/c1-36-25-15-22-23(16-26(25)37-2)32-13-10-24(22)38-21-8-6-19(7-9-21)33(20-5-3-4-18(14-20)17-30)28(35)29(11-12-29)27(31)34/h3-10,13-16H,11-12,17,30H2,1-2H3,(H2,31,34). The Balaban J connectivity index is 1.49. The lowest BCUT2D eigenvalue weighted by molar-refractivity contribution is -0.133. The smallest absolute Gasteiger partial charge is 0.247 e. The number of aromatic nitrogens is 1. The monoisotopic (exact) mass is 512 g/mol. The highest BCUT2D eigenvalue weighted by Crippen LogP contribution is 2.49. The average Bonchev–Trinajstić information content (AvgIpc) is 3.76. The van der Waals surface area contributed by atoms with Gasteiger partial charge in [-0.15, -0.1) is 0 Å². The van der Waals surface area contributed by atoms with E-state index >= 15 is 0 Å². The summed E-state index contributed by atoms with van der Waals surface area (Å²) in [5.74, 6) is 1.30. The van der Waals surface area contributed by atoms with Crippen LogP contribution in [0.25, 0.3) is 10.9 Å². The van der Waals surface area contributed by atoms with Crippen LogP contribution in [0.15, 0.2) is 72.9 Å². The minimum absolute atomic E-state index is 0.320. The van der Waals surface area contributed by atoms with Gasteiger partial charge < -0.3 is 25.7 Å². The van der Waals surface area contributed by atoms with Crippen molar-refractivity contribution in [2.45, 2.75) is 19.4 Å². The number of carbonyl (C=O) groups excluding carboxylic acids is 2. The first-order valence-corrected chi connectivity index (χ1v) is 12.1. The predicted molar refractivity (Wildman–Crippen MR) is 144 cm³/mol. The Bertz CT molecular complexity index is 1520. The molecule has 1 fully saturated rings. The number of primary amides is 1. The van der Waals surface area contributed by atoms with Crippen LogP contribution in [-0.4, -0.2) is 31.0 Å². The molecule has 1 aliphatic carbocycles. The first-order chi connectivity index (χ1) is 18.4. The number of carbonyl (C=O) groups is 2. The topological polar surface area (TPSA) is 130 Å². The molecule has 3 aromatic carbocycles. The molecule has 4 N–H and O–H groups in total. The molecule has 38 heavy (non-hydrogen) atoms. The lowest BCUT2D eigenvalue weighted by Gasteiger charge is -2.27. The number of nitrogens with two attached hydrogens (primary N) is 2. The number of amides is 2. The van der Waals surface area contributed by atoms with Gasteiger partial charge in [0.15, 0.2) is 11.5 Å². The summed E-state index contributed by atoms with van der Waals surface area (Å²) in [7, 11) is 3.14. The maximum absolute atomic E-state index is 13.6. The molecule has 0 spiro atoms. The highest BCUT2D eigenvalue weighted by atomic mass is 16.5. The van der Waals surface area contributed by atoms with E-state index in [9.17, 15) is 9.59 Å². The molecule has 0 radical (unpaired) electrons. The van der Waals surface area contributed by atoms with Crippen molar-refractivity contribution in [2.75, 3.05) is 19.1 Å². The number of benzene rings is 3. The van der Waals surface area contributed by atoms with Crippen LogP contribution in [0.4, 0.5) is 11.4 Å². The summed E-state index contributed by atoms with van der Waals surface area (Å²) in [6.45, 7) is 0.320. The number of fused-ring (bicyclic) bond motifs is 1. The molecule has 5 rings (SSSR count). The van der Waals surface area contributed by atoms with Crippen molar-refractivity contribution < 1.29 is 23.8 Å². The summed E-state index contributed by atoms with van der Waals surface area (Å²) in [6.07, 6.45) is 2.51. The van der Waals surface area contributed by atoms with Gasteiger partial charge in [-0.2, -0.15) is 0 Å². The van der Waals surface area contributed by atoms with Gasteiger partial charge in [0.05, 0.1) is 19.7 Å². The summed E-state index contributed by atoms with van der Waals surface area (Å²) in [5.41, 5.74) is 13.0. The molecular weight excluding hydrogens is 484 g/mol. The summed E-state index contributed by atoms with van der Waals surface area (Å²) in [6, 6.07) is 19.8. The molecule has 0 atom stereocenters. The molecule has 1 aliphatic rings. The first kappa shape index (κ1) is 25.0. The Hall–Kier alpha value is -4.63. The van der Waals surface area contributed by atoms with E-state index in [1.807, 2.05) is 30.3 Å². The van der Waals surface area contributed by atoms with Crippen LogP contribution in [0, 0.1) is 5.41 Å². The summed E-state index contributed by atoms with van der Waals surface area (Å²) in [4.78, 5) is 31.8. The zero-order valence-corrected chi connectivity index (χ0v) is 21.1. The number of nitrogens with zero attached hydrogens (tertiary/aromatic N) is 2. The van der Waals surface area contributed by atoms with E-state index in [-0.39, 0.29) is 5.91 Å². The van der Waals surface area contributed by atoms with E-state index in [4.69, 9.17) is 25.7 Å². The maximum Gasteiger partial charge on any atom is 0.247 e. The fraction of sp³-hybridized carbons (Fsp3) is 0.207. The zero-order chi connectivity index (χ0) is 26.9. The molecule has 4 aromatic rings. The van der Waals surface area contributed by atoms with Gasteiger partial charge in [0.2, 0.25) is 11.8 Å². The molecule has 9 heteroatoms. The number of hydrogen-bond donors (Lipinski definition) is 2. The zero-order valence-electron chi connectivity index (χ0n) is 21.1. The molecule has 0 saturated heterocycles. The van der Waals surface area contributed by atoms with Gasteiger partial charge in [-0.25, -0.2) is 0 Å². The highest BCUT2D eigenvalue weighted by Gasteiger charge is 2.57. The van der Waals surface area contributed by atoms with Crippen LogP contribution in [0.1, 0.15) is 18.4 Å². The van der Waals surface area contributed by atoms with Gasteiger partial charge in [0, 0.05) is 35.6 Å². The van der Waals surface area contributed by atoms with Crippen molar-refractivity contribution in [3.8, 4) is 23.0 Å². The molecule has 194 valence electrons. The second-order valence-corrected chi connectivity index (χ2v) is 9.09. The Labute approximate surface area is 219 Å². The quantitative estimate of drug-likeness (QED) is 0.317. The SMILES string of the molecule is COc1cc2nccc(Oc3ccc(N(C(=O)C4(C(N)=O)CC4)c4cccc(CN)c4)cc3)c2cc1OC. The molecular formula is C29H28N4O5. The third-order valence-electron chi connectivity index (χ3n) is 6.77. The van der Waals surface area contributed by atoms with Gasteiger partial charge in [0.1, 0.15) is 16.9 Å². The van der Waals surface area contributed by atoms with E-state index in [1.165, 1.54) is 4.90 Å². The first-order valence-electron chi connectivity index (χ1n) is 12.1. The van der Waals surface area contributed by atoms with Gasteiger partial charge >= 0.3 is 0 Å².